The number of benzene rings is 1. The SMILES string of the molecule is COc1ccc2c(c1)CC[C@]1(C(F)(F)F)[C@H](OC(C)=O)CC[C@@H]21. The number of fused-ring (bicyclic) bond motifs is 3. The minimum absolute atomic E-state index is 0.0563. The van der Waals surface area contributed by atoms with E-state index in [1.54, 1.807) is 12.1 Å². The first-order valence-electron chi connectivity index (χ1n) is 7.70. The van der Waals surface area contributed by atoms with Gasteiger partial charge in [0.2, 0.25) is 0 Å². The molecule has 0 unspecified atom stereocenters. The van der Waals surface area contributed by atoms with Crippen LogP contribution < -0.4 is 4.74 Å². The molecule has 126 valence electrons. The Bertz CT molecular complexity index is 626. The van der Waals surface area contributed by atoms with Crippen LogP contribution >= 0.6 is 0 Å². The Morgan fingerprint density at radius 1 is 1.30 bits per heavy atom. The third-order valence-corrected chi connectivity index (χ3v) is 5.28. The molecule has 3 atom stereocenters. The first kappa shape index (κ1) is 16.1. The van der Waals surface area contributed by atoms with Crippen LogP contribution in [0.3, 0.4) is 0 Å². The van der Waals surface area contributed by atoms with Gasteiger partial charge in [0.1, 0.15) is 17.3 Å². The fraction of sp³-hybridized carbons (Fsp3) is 0.588. The summed E-state index contributed by atoms with van der Waals surface area (Å²) < 4.78 is 52.3. The molecule has 1 saturated carbocycles. The molecule has 3 nitrogen and oxygen atoms in total. The van der Waals surface area contributed by atoms with E-state index in [-0.39, 0.29) is 12.8 Å². The molecule has 0 amide bonds. The molecule has 23 heavy (non-hydrogen) atoms. The monoisotopic (exact) mass is 328 g/mol. The van der Waals surface area contributed by atoms with Crippen LogP contribution in [0.2, 0.25) is 0 Å². The van der Waals surface area contributed by atoms with Crippen LogP contribution in [-0.2, 0) is 16.0 Å². The number of hydrogen-bond acceptors (Lipinski definition) is 3. The number of aryl methyl sites for hydroxylation is 1. The lowest BCUT2D eigenvalue weighted by molar-refractivity contribution is -0.260. The van der Waals surface area contributed by atoms with Gasteiger partial charge in [-0.25, -0.2) is 0 Å². The van der Waals surface area contributed by atoms with Gasteiger partial charge in [-0.15, -0.1) is 0 Å². The summed E-state index contributed by atoms with van der Waals surface area (Å²) in [6.07, 6.45) is -4.64. The van der Waals surface area contributed by atoms with Crippen molar-refractivity contribution in [3.8, 4) is 5.75 Å². The Morgan fingerprint density at radius 2 is 2.04 bits per heavy atom. The number of carbonyl (C=O) groups is 1. The lowest BCUT2D eigenvalue weighted by Crippen LogP contribution is -2.51. The zero-order valence-corrected chi connectivity index (χ0v) is 13.1. The summed E-state index contributed by atoms with van der Waals surface area (Å²) in [4.78, 5) is 11.3. The van der Waals surface area contributed by atoms with Crippen molar-refractivity contribution in [1.82, 2.24) is 0 Å². The first-order valence-corrected chi connectivity index (χ1v) is 7.70. The molecule has 1 aromatic rings. The highest BCUT2D eigenvalue weighted by molar-refractivity contribution is 5.66. The molecular formula is C17H19F3O3. The Kier molecular flexibility index (Phi) is 3.81. The molecule has 0 spiro atoms. The minimum Gasteiger partial charge on any atom is -0.497 e. The Hall–Kier alpha value is -1.72. The van der Waals surface area contributed by atoms with E-state index < -0.39 is 29.6 Å². The zero-order valence-electron chi connectivity index (χ0n) is 13.1. The topological polar surface area (TPSA) is 35.5 Å². The lowest BCUT2D eigenvalue weighted by Gasteiger charge is -2.44. The number of rotatable bonds is 2. The molecule has 0 heterocycles. The van der Waals surface area contributed by atoms with Gasteiger partial charge in [-0.2, -0.15) is 13.2 Å². The fourth-order valence-electron chi connectivity index (χ4n) is 4.32. The van der Waals surface area contributed by atoms with Gasteiger partial charge in [-0.3, -0.25) is 4.79 Å². The van der Waals surface area contributed by atoms with Crippen molar-refractivity contribution in [2.24, 2.45) is 5.41 Å². The molecule has 0 saturated heterocycles. The predicted molar refractivity (Wildman–Crippen MR) is 77.3 cm³/mol. The van der Waals surface area contributed by atoms with Gasteiger partial charge in [0.15, 0.2) is 0 Å². The fourth-order valence-corrected chi connectivity index (χ4v) is 4.32. The average Bonchev–Trinajstić information content (AvgIpc) is 2.85. The average molecular weight is 328 g/mol. The molecule has 0 radical (unpaired) electrons. The number of halogens is 3. The van der Waals surface area contributed by atoms with E-state index in [1.165, 1.54) is 14.0 Å². The van der Waals surface area contributed by atoms with Crippen molar-refractivity contribution in [1.29, 1.82) is 0 Å². The standard InChI is InChI=1S/C17H19F3O3/c1-10(21)23-15-6-5-14-13-4-3-12(22-2)9-11(13)7-8-16(14,15)17(18,19)20/h3-4,9,14-15H,5-8H2,1-2H3/t14-,15+,16+/m0/s1. The number of carbonyl (C=O) groups excluding carboxylic acids is 1. The summed E-state index contributed by atoms with van der Waals surface area (Å²) >= 11 is 0. The molecule has 0 N–H and O–H groups in total. The molecule has 0 aromatic heterocycles. The Labute approximate surface area is 132 Å². The molecule has 2 aliphatic carbocycles. The quantitative estimate of drug-likeness (QED) is 0.770. The van der Waals surface area contributed by atoms with E-state index in [0.717, 1.165) is 5.56 Å². The van der Waals surface area contributed by atoms with Gasteiger partial charge in [-0.05, 0) is 48.9 Å². The van der Waals surface area contributed by atoms with Gasteiger partial charge in [0.25, 0.3) is 0 Å². The van der Waals surface area contributed by atoms with Gasteiger partial charge in [0, 0.05) is 12.8 Å². The number of methoxy groups -OCH3 is 1. The Morgan fingerprint density at radius 3 is 2.65 bits per heavy atom. The van der Waals surface area contributed by atoms with Crippen LogP contribution in [0.5, 0.6) is 5.75 Å². The van der Waals surface area contributed by atoms with Crippen molar-refractivity contribution in [2.75, 3.05) is 7.11 Å². The van der Waals surface area contributed by atoms with Crippen LogP contribution in [0.4, 0.5) is 13.2 Å². The summed E-state index contributed by atoms with van der Waals surface area (Å²) in [7, 11) is 1.54. The molecular weight excluding hydrogens is 309 g/mol. The maximum Gasteiger partial charge on any atom is 0.398 e. The third-order valence-electron chi connectivity index (χ3n) is 5.28. The van der Waals surface area contributed by atoms with Gasteiger partial charge < -0.3 is 9.47 Å². The van der Waals surface area contributed by atoms with Crippen LogP contribution in [0.25, 0.3) is 0 Å². The second kappa shape index (κ2) is 5.42. The molecule has 2 aliphatic rings. The normalized spacial score (nSPS) is 29.6. The minimum atomic E-state index is -4.41. The van der Waals surface area contributed by atoms with Crippen LogP contribution in [-0.4, -0.2) is 25.4 Å². The molecule has 1 fully saturated rings. The molecule has 0 bridgehead atoms. The van der Waals surface area contributed by atoms with Gasteiger partial charge in [0.05, 0.1) is 7.11 Å². The van der Waals surface area contributed by atoms with E-state index in [0.29, 0.717) is 24.2 Å². The third kappa shape index (κ3) is 2.39. The lowest BCUT2D eigenvalue weighted by atomic mass is 9.64. The smallest absolute Gasteiger partial charge is 0.398 e. The van der Waals surface area contributed by atoms with Crippen LogP contribution in [0, 0.1) is 5.41 Å². The summed E-state index contributed by atoms with van der Waals surface area (Å²) in [6, 6.07) is 5.24. The zero-order chi connectivity index (χ0) is 16.8. The highest BCUT2D eigenvalue weighted by Crippen LogP contribution is 2.64. The second-order valence-corrected chi connectivity index (χ2v) is 6.33. The molecule has 0 aliphatic heterocycles. The van der Waals surface area contributed by atoms with E-state index in [2.05, 4.69) is 0 Å². The van der Waals surface area contributed by atoms with E-state index in [4.69, 9.17) is 9.47 Å². The summed E-state index contributed by atoms with van der Waals surface area (Å²) in [5.41, 5.74) is -0.359. The highest BCUT2D eigenvalue weighted by Gasteiger charge is 2.68. The molecule has 6 heteroatoms. The number of ether oxygens (including phenoxy) is 2. The van der Waals surface area contributed by atoms with Crippen molar-refractivity contribution in [3.05, 3.63) is 29.3 Å². The van der Waals surface area contributed by atoms with Crippen molar-refractivity contribution >= 4 is 5.97 Å². The summed E-state index contributed by atoms with van der Waals surface area (Å²) in [5, 5.41) is 0. The molecule has 3 rings (SSSR count). The first-order chi connectivity index (χ1) is 10.8. The number of hydrogen-bond donors (Lipinski definition) is 0. The summed E-state index contributed by atoms with van der Waals surface area (Å²) in [5.74, 6) is -0.667. The van der Waals surface area contributed by atoms with Gasteiger partial charge >= 0.3 is 12.1 Å². The summed E-state index contributed by atoms with van der Waals surface area (Å²) in [6.45, 7) is 1.17. The van der Waals surface area contributed by atoms with E-state index in [9.17, 15) is 18.0 Å². The van der Waals surface area contributed by atoms with Crippen molar-refractivity contribution < 1.29 is 27.4 Å². The predicted octanol–water partition coefficient (Wildman–Crippen LogP) is 4.00. The number of alkyl halides is 3. The van der Waals surface area contributed by atoms with Crippen LogP contribution in [0.15, 0.2) is 18.2 Å². The number of esters is 1. The second-order valence-electron chi connectivity index (χ2n) is 6.33. The Balaban J connectivity index is 2.07. The van der Waals surface area contributed by atoms with Gasteiger partial charge in [-0.1, -0.05) is 6.07 Å². The van der Waals surface area contributed by atoms with Crippen LogP contribution in [0.1, 0.15) is 43.2 Å². The largest absolute Gasteiger partial charge is 0.497 e. The highest BCUT2D eigenvalue weighted by atomic mass is 19.4. The maximum absolute atomic E-state index is 14.0. The van der Waals surface area contributed by atoms with E-state index in [1.807, 2.05) is 6.07 Å². The maximum atomic E-state index is 14.0. The van der Waals surface area contributed by atoms with Crippen molar-refractivity contribution in [3.63, 3.8) is 0 Å². The van der Waals surface area contributed by atoms with Crippen molar-refractivity contribution in [2.45, 2.75) is 50.8 Å². The van der Waals surface area contributed by atoms with E-state index >= 15 is 0 Å². The molecule has 1 aromatic carbocycles.